The third kappa shape index (κ3) is 4.87. The molecule has 1 unspecified atom stereocenters. The molecule has 2 N–H and O–H groups in total. The van der Waals surface area contributed by atoms with E-state index in [9.17, 15) is 9.90 Å². The lowest BCUT2D eigenvalue weighted by Gasteiger charge is -2.22. The zero-order chi connectivity index (χ0) is 14.5. The molecule has 1 atom stereocenters. The van der Waals surface area contributed by atoms with Crippen molar-refractivity contribution in [2.24, 2.45) is 0 Å². The molecule has 1 amide bonds. The van der Waals surface area contributed by atoms with Crippen LogP contribution in [0.2, 0.25) is 0 Å². The zero-order valence-corrected chi connectivity index (χ0v) is 12.1. The van der Waals surface area contributed by atoms with Crippen molar-refractivity contribution in [1.82, 2.24) is 10.3 Å². The fraction of sp³-hybridized carbons (Fsp3) is 0.571. The summed E-state index contributed by atoms with van der Waals surface area (Å²) in [6, 6.07) is 3.52. The first-order valence-electron chi connectivity index (χ1n) is 6.49. The van der Waals surface area contributed by atoms with Crippen LogP contribution in [-0.4, -0.2) is 42.2 Å². The average Bonchev–Trinajstić information content (AvgIpc) is 2.36. The van der Waals surface area contributed by atoms with Crippen molar-refractivity contribution in [1.29, 1.82) is 0 Å². The molecule has 5 heteroatoms. The van der Waals surface area contributed by atoms with Crippen LogP contribution < -0.4 is 10.2 Å². The minimum atomic E-state index is -0.860. The predicted octanol–water partition coefficient (Wildman–Crippen LogP) is 1.43. The van der Waals surface area contributed by atoms with Crippen molar-refractivity contribution in [2.75, 3.05) is 25.5 Å². The lowest BCUT2D eigenvalue weighted by molar-refractivity contribution is 0.0469. The topological polar surface area (TPSA) is 65.5 Å². The van der Waals surface area contributed by atoms with Gasteiger partial charge in [0.15, 0.2) is 0 Å². The van der Waals surface area contributed by atoms with Crippen LogP contribution in [0.3, 0.4) is 0 Å². The standard InChI is InChI=1S/C14H23N3O2/c1-5-8-14(2,19)10-16-13(18)11-6-7-12(15-9-11)17(3)4/h6-7,9,19H,5,8,10H2,1-4H3,(H,16,18). The average molecular weight is 265 g/mol. The van der Waals surface area contributed by atoms with Crippen molar-refractivity contribution in [3.05, 3.63) is 23.9 Å². The van der Waals surface area contributed by atoms with E-state index in [4.69, 9.17) is 0 Å². The summed E-state index contributed by atoms with van der Waals surface area (Å²) in [4.78, 5) is 18.0. The smallest absolute Gasteiger partial charge is 0.252 e. The quantitative estimate of drug-likeness (QED) is 0.816. The molecule has 0 fully saturated rings. The second-order valence-corrected chi connectivity index (χ2v) is 5.23. The maximum atomic E-state index is 11.9. The lowest BCUT2D eigenvalue weighted by Crippen LogP contribution is -2.40. The summed E-state index contributed by atoms with van der Waals surface area (Å²) in [5.74, 6) is 0.587. The van der Waals surface area contributed by atoms with E-state index < -0.39 is 5.60 Å². The predicted molar refractivity (Wildman–Crippen MR) is 76.4 cm³/mol. The van der Waals surface area contributed by atoms with Crippen molar-refractivity contribution < 1.29 is 9.90 Å². The molecule has 1 aromatic rings. The lowest BCUT2D eigenvalue weighted by atomic mass is 10.0. The molecule has 1 rings (SSSR count). The Kier molecular flexibility index (Phi) is 5.30. The van der Waals surface area contributed by atoms with Crippen LogP contribution in [0.1, 0.15) is 37.0 Å². The SMILES string of the molecule is CCCC(C)(O)CNC(=O)c1ccc(N(C)C)nc1. The number of rotatable bonds is 6. The van der Waals surface area contributed by atoms with E-state index in [1.807, 2.05) is 25.9 Å². The number of carbonyl (C=O) groups excluding carboxylic acids is 1. The van der Waals surface area contributed by atoms with Gasteiger partial charge in [-0.05, 0) is 25.5 Å². The Labute approximate surface area is 114 Å². The van der Waals surface area contributed by atoms with E-state index in [0.717, 1.165) is 12.2 Å². The Balaban J connectivity index is 2.59. The molecule has 1 aromatic heterocycles. The highest BCUT2D eigenvalue weighted by Gasteiger charge is 2.20. The Morgan fingerprint density at radius 2 is 2.16 bits per heavy atom. The van der Waals surface area contributed by atoms with Gasteiger partial charge in [0, 0.05) is 26.8 Å². The van der Waals surface area contributed by atoms with Gasteiger partial charge in [0.2, 0.25) is 0 Å². The summed E-state index contributed by atoms with van der Waals surface area (Å²) in [5, 5.41) is 12.7. The molecule has 0 radical (unpaired) electrons. The van der Waals surface area contributed by atoms with Gasteiger partial charge in [-0.2, -0.15) is 0 Å². The highest BCUT2D eigenvalue weighted by atomic mass is 16.3. The summed E-state index contributed by atoms with van der Waals surface area (Å²) in [5.41, 5.74) is -0.362. The Bertz CT molecular complexity index is 413. The minimum Gasteiger partial charge on any atom is -0.388 e. The van der Waals surface area contributed by atoms with Crippen molar-refractivity contribution >= 4 is 11.7 Å². The molecule has 0 spiro atoms. The van der Waals surface area contributed by atoms with Gasteiger partial charge >= 0.3 is 0 Å². The molecular weight excluding hydrogens is 242 g/mol. The second-order valence-electron chi connectivity index (χ2n) is 5.23. The first-order chi connectivity index (χ1) is 8.85. The van der Waals surface area contributed by atoms with E-state index in [1.165, 1.54) is 0 Å². The van der Waals surface area contributed by atoms with Gasteiger partial charge in [-0.25, -0.2) is 4.98 Å². The van der Waals surface area contributed by atoms with Crippen molar-refractivity contribution in [2.45, 2.75) is 32.3 Å². The van der Waals surface area contributed by atoms with E-state index >= 15 is 0 Å². The van der Waals surface area contributed by atoms with Crippen LogP contribution in [-0.2, 0) is 0 Å². The summed E-state index contributed by atoms with van der Waals surface area (Å²) in [6.45, 7) is 3.97. The number of hydrogen-bond donors (Lipinski definition) is 2. The summed E-state index contributed by atoms with van der Waals surface area (Å²) < 4.78 is 0. The fourth-order valence-corrected chi connectivity index (χ4v) is 1.78. The van der Waals surface area contributed by atoms with E-state index in [0.29, 0.717) is 12.0 Å². The number of amides is 1. The molecule has 1 heterocycles. The molecule has 19 heavy (non-hydrogen) atoms. The number of nitrogens with zero attached hydrogens (tertiary/aromatic N) is 2. The molecule has 0 saturated heterocycles. The molecule has 0 aliphatic carbocycles. The molecular formula is C14H23N3O2. The van der Waals surface area contributed by atoms with E-state index in [-0.39, 0.29) is 12.5 Å². The van der Waals surface area contributed by atoms with Crippen molar-refractivity contribution in [3.63, 3.8) is 0 Å². The summed E-state index contributed by atoms with van der Waals surface area (Å²) in [7, 11) is 3.79. The van der Waals surface area contributed by atoms with Crippen LogP contribution in [0.25, 0.3) is 0 Å². The van der Waals surface area contributed by atoms with Gasteiger partial charge in [-0.1, -0.05) is 13.3 Å². The maximum absolute atomic E-state index is 11.9. The number of anilines is 1. The van der Waals surface area contributed by atoms with Gasteiger partial charge < -0.3 is 15.3 Å². The summed E-state index contributed by atoms with van der Waals surface area (Å²) >= 11 is 0. The monoisotopic (exact) mass is 265 g/mol. The van der Waals surface area contributed by atoms with Gasteiger partial charge in [0.25, 0.3) is 5.91 Å². The third-order valence-electron chi connectivity index (χ3n) is 2.89. The first-order valence-corrected chi connectivity index (χ1v) is 6.49. The second kappa shape index (κ2) is 6.52. The van der Waals surface area contributed by atoms with Crippen LogP contribution in [0.4, 0.5) is 5.82 Å². The number of pyridine rings is 1. The molecule has 0 saturated carbocycles. The number of nitrogens with one attached hydrogen (secondary N) is 1. The zero-order valence-electron chi connectivity index (χ0n) is 12.1. The van der Waals surface area contributed by atoms with Gasteiger partial charge in [-0.3, -0.25) is 4.79 Å². The highest BCUT2D eigenvalue weighted by molar-refractivity contribution is 5.94. The number of aromatic nitrogens is 1. The molecule has 0 aliphatic rings. The Hall–Kier alpha value is -1.62. The third-order valence-corrected chi connectivity index (χ3v) is 2.89. The highest BCUT2D eigenvalue weighted by Crippen LogP contribution is 2.11. The largest absolute Gasteiger partial charge is 0.388 e. The van der Waals surface area contributed by atoms with Crippen LogP contribution in [0, 0.1) is 0 Å². The fourth-order valence-electron chi connectivity index (χ4n) is 1.78. The molecule has 0 aromatic carbocycles. The van der Waals surface area contributed by atoms with Gasteiger partial charge in [-0.15, -0.1) is 0 Å². The maximum Gasteiger partial charge on any atom is 0.252 e. The number of aliphatic hydroxyl groups is 1. The van der Waals surface area contributed by atoms with Gasteiger partial charge in [0.1, 0.15) is 5.82 Å². The molecule has 0 aliphatic heterocycles. The van der Waals surface area contributed by atoms with Gasteiger partial charge in [0.05, 0.1) is 11.2 Å². The summed E-state index contributed by atoms with van der Waals surface area (Å²) in [6.07, 6.45) is 3.08. The number of carbonyl (C=O) groups is 1. The Morgan fingerprint density at radius 1 is 1.47 bits per heavy atom. The molecule has 0 bridgehead atoms. The normalized spacial score (nSPS) is 13.7. The van der Waals surface area contributed by atoms with E-state index in [2.05, 4.69) is 10.3 Å². The number of hydrogen-bond acceptors (Lipinski definition) is 4. The minimum absolute atomic E-state index is 0.214. The van der Waals surface area contributed by atoms with Crippen LogP contribution >= 0.6 is 0 Å². The Morgan fingerprint density at radius 3 is 2.63 bits per heavy atom. The molecule has 5 nitrogen and oxygen atoms in total. The van der Waals surface area contributed by atoms with Crippen LogP contribution in [0.5, 0.6) is 0 Å². The van der Waals surface area contributed by atoms with Crippen LogP contribution in [0.15, 0.2) is 18.3 Å². The van der Waals surface area contributed by atoms with E-state index in [1.54, 1.807) is 25.3 Å². The first kappa shape index (κ1) is 15.4. The van der Waals surface area contributed by atoms with Crippen molar-refractivity contribution in [3.8, 4) is 0 Å². The molecule has 106 valence electrons.